The monoisotopic (exact) mass is 363 g/mol. The van der Waals surface area contributed by atoms with Crippen LogP contribution in [0, 0.1) is 0 Å². The van der Waals surface area contributed by atoms with Crippen molar-refractivity contribution >= 4 is 21.7 Å². The maximum absolute atomic E-state index is 12.3. The summed E-state index contributed by atoms with van der Waals surface area (Å²) < 4.78 is 26.1. The molecular formula is C18H25N3O3S. The molecule has 0 saturated carbocycles. The zero-order chi connectivity index (χ0) is 18.0. The number of sulfonamides is 1. The summed E-state index contributed by atoms with van der Waals surface area (Å²) in [6.07, 6.45) is 7.62. The first-order valence-corrected chi connectivity index (χ1v) is 10.2. The molecule has 0 spiro atoms. The molecule has 6 nitrogen and oxygen atoms in total. The van der Waals surface area contributed by atoms with Gasteiger partial charge in [-0.1, -0.05) is 12.1 Å². The predicted molar refractivity (Wildman–Crippen MR) is 99.3 cm³/mol. The van der Waals surface area contributed by atoms with Gasteiger partial charge in [0, 0.05) is 17.6 Å². The lowest BCUT2D eigenvalue weighted by molar-refractivity contribution is 0.256. The van der Waals surface area contributed by atoms with Crippen molar-refractivity contribution < 1.29 is 13.2 Å². The van der Waals surface area contributed by atoms with Gasteiger partial charge >= 0.3 is 6.03 Å². The molecule has 2 aliphatic rings. The minimum atomic E-state index is -3.79. The third kappa shape index (κ3) is 4.22. The lowest BCUT2D eigenvalue weighted by Crippen LogP contribution is -2.33. The number of benzene rings is 1. The second-order valence-electron chi connectivity index (χ2n) is 6.97. The molecule has 3 rings (SSSR count). The van der Waals surface area contributed by atoms with E-state index in [4.69, 9.17) is 0 Å². The quantitative estimate of drug-likeness (QED) is 0.841. The van der Waals surface area contributed by atoms with E-state index in [1.165, 1.54) is 28.3 Å². The Bertz CT molecular complexity index is 781. The molecule has 0 fully saturated rings. The Morgan fingerprint density at radius 3 is 2.28 bits per heavy atom. The molecular weight excluding hydrogens is 338 g/mol. The molecule has 0 saturated heterocycles. The number of rotatable bonds is 5. The first-order valence-electron chi connectivity index (χ1n) is 8.67. The topological polar surface area (TPSA) is 78.5 Å². The lowest BCUT2D eigenvalue weighted by Gasteiger charge is -2.16. The van der Waals surface area contributed by atoms with Crippen molar-refractivity contribution in [2.24, 2.45) is 0 Å². The van der Waals surface area contributed by atoms with E-state index < -0.39 is 16.1 Å². The standard InChI is InChI=1S/C18H25N3O3S/c1-21(2)10-5-11-25(23,24)20-18(22)19-17-15-8-3-6-13(15)12-14-7-4-9-16(14)17/h5,11-12H,3-4,6-10H2,1-2H3,(H2,19,20,22)/b11-5-. The van der Waals surface area contributed by atoms with E-state index in [-0.39, 0.29) is 0 Å². The highest BCUT2D eigenvalue weighted by molar-refractivity contribution is 7.92. The molecule has 25 heavy (non-hydrogen) atoms. The number of aryl methyl sites for hydroxylation is 2. The first-order chi connectivity index (χ1) is 11.9. The van der Waals surface area contributed by atoms with E-state index in [9.17, 15) is 13.2 Å². The van der Waals surface area contributed by atoms with Gasteiger partial charge in [-0.2, -0.15) is 0 Å². The molecule has 2 aliphatic carbocycles. The zero-order valence-electron chi connectivity index (χ0n) is 14.8. The Morgan fingerprint density at radius 1 is 1.12 bits per heavy atom. The van der Waals surface area contributed by atoms with Crippen molar-refractivity contribution in [2.45, 2.75) is 38.5 Å². The molecule has 0 bridgehead atoms. The van der Waals surface area contributed by atoms with E-state index in [2.05, 4.69) is 16.1 Å². The Labute approximate surface area is 149 Å². The molecule has 0 aliphatic heterocycles. The summed E-state index contributed by atoms with van der Waals surface area (Å²) in [5.41, 5.74) is 5.79. The predicted octanol–water partition coefficient (Wildman–Crippen LogP) is 2.19. The molecule has 2 N–H and O–H groups in total. The number of carbonyl (C=O) groups excluding carboxylic acids is 1. The van der Waals surface area contributed by atoms with Gasteiger partial charge in [-0.05, 0) is 74.9 Å². The fourth-order valence-corrected chi connectivity index (χ4v) is 4.37. The second-order valence-corrected chi connectivity index (χ2v) is 8.54. The summed E-state index contributed by atoms with van der Waals surface area (Å²) in [5, 5.41) is 3.86. The van der Waals surface area contributed by atoms with Crippen LogP contribution < -0.4 is 10.0 Å². The fourth-order valence-electron chi connectivity index (χ4n) is 3.65. The van der Waals surface area contributed by atoms with E-state index in [0.717, 1.165) is 49.6 Å². The minimum absolute atomic E-state index is 0.488. The number of fused-ring (bicyclic) bond motifs is 2. The Hall–Kier alpha value is -1.86. The number of hydrogen-bond acceptors (Lipinski definition) is 4. The molecule has 0 radical (unpaired) electrons. The highest BCUT2D eigenvalue weighted by Crippen LogP contribution is 2.38. The molecule has 2 amide bonds. The van der Waals surface area contributed by atoms with Gasteiger partial charge in [0.1, 0.15) is 0 Å². The Morgan fingerprint density at radius 2 is 1.72 bits per heavy atom. The largest absolute Gasteiger partial charge is 0.333 e. The van der Waals surface area contributed by atoms with Gasteiger partial charge in [0.2, 0.25) is 0 Å². The van der Waals surface area contributed by atoms with Crippen LogP contribution in [0.25, 0.3) is 0 Å². The smallest absolute Gasteiger partial charge is 0.307 e. The van der Waals surface area contributed by atoms with E-state index in [1.807, 2.05) is 19.0 Å². The number of amides is 2. The maximum atomic E-state index is 12.3. The number of nitrogens with one attached hydrogen (secondary N) is 2. The summed E-state index contributed by atoms with van der Waals surface area (Å²) >= 11 is 0. The Balaban J connectivity index is 1.75. The fraction of sp³-hybridized carbons (Fsp3) is 0.500. The van der Waals surface area contributed by atoms with Crippen LogP contribution in [0.3, 0.4) is 0 Å². The van der Waals surface area contributed by atoms with Crippen molar-refractivity contribution in [3.63, 3.8) is 0 Å². The normalized spacial score (nSPS) is 16.3. The van der Waals surface area contributed by atoms with Gasteiger partial charge in [0.25, 0.3) is 10.0 Å². The van der Waals surface area contributed by atoms with Crippen LogP contribution in [0.2, 0.25) is 0 Å². The van der Waals surface area contributed by atoms with Crippen LogP contribution in [0.15, 0.2) is 17.6 Å². The second kappa shape index (κ2) is 7.17. The number of carbonyl (C=O) groups is 1. The highest BCUT2D eigenvalue weighted by Gasteiger charge is 2.25. The van der Waals surface area contributed by atoms with Gasteiger partial charge in [-0.15, -0.1) is 0 Å². The van der Waals surface area contributed by atoms with Gasteiger partial charge in [0.05, 0.1) is 0 Å². The number of likely N-dealkylation sites (N-methyl/N-ethyl adjacent to an activating group) is 1. The van der Waals surface area contributed by atoms with Gasteiger partial charge in [-0.25, -0.2) is 17.9 Å². The molecule has 1 aromatic carbocycles. The minimum Gasteiger partial charge on any atom is -0.307 e. The third-order valence-electron chi connectivity index (χ3n) is 4.69. The molecule has 7 heteroatoms. The molecule has 0 aromatic heterocycles. The molecule has 0 heterocycles. The summed E-state index contributed by atoms with van der Waals surface area (Å²) in [4.78, 5) is 14.1. The summed E-state index contributed by atoms with van der Waals surface area (Å²) in [5.74, 6) is 0. The Kier molecular flexibility index (Phi) is 5.15. The lowest BCUT2D eigenvalue weighted by atomic mass is 9.99. The summed E-state index contributed by atoms with van der Waals surface area (Å²) in [7, 11) is -0.112. The SMILES string of the molecule is CN(C)C/C=C\S(=O)(=O)NC(=O)Nc1c2c(cc3c1CCC3)CCC2. The average molecular weight is 363 g/mol. The molecule has 0 unspecified atom stereocenters. The summed E-state index contributed by atoms with van der Waals surface area (Å²) in [6.45, 7) is 0.488. The first kappa shape index (κ1) is 17.9. The number of hydrogen-bond donors (Lipinski definition) is 2. The van der Waals surface area contributed by atoms with E-state index in [1.54, 1.807) is 0 Å². The molecule has 136 valence electrons. The number of nitrogens with zero attached hydrogens (tertiary/aromatic N) is 1. The zero-order valence-corrected chi connectivity index (χ0v) is 15.6. The maximum Gasteiger partial charge on any atom is 0.333 e. The average Bonchev–Trinajstić information content (AvgIpc) is 3.14. The van der Waals surface area contributed by atoms with Crippen molar-refractivity contribution in [3.05, 3.63) is 39.8 Å². The van der Waals surface area contributed by atoms with Crippen molar-refractivity contribution in [2.75, 3.05) is 26.0 Å². The summed E-state index contributed by atoms with van der Waals surface area (Å²) in [6, 6.07) is 1.58. The molecule has 1 aromatic rings. The number of anilines is 1. The van der Waals surface area contributed by atoms with Gasteiger partial charge in [-0.3, -0.25) is 0 Å². The van der Waals surface area contributed by atoms with Crippen LogP contribution in [-0.4, -0.2) is 40.0 Å². The van der Waals surface area contributed by atoms with Crippen LogP contribution in [0.5, 0.6) is 0 Å². The van der Waals surface area contributed by atoms with Crippen LogP contribution >= 0.6 is 0 Å². The van der Waals surface area contributed by atoms with E-state index in [0.29, 0.717) is 6.54 Å². The van der Waals surface area contributed by atoms with Gasteiger partial charge < -0.3 is 10.2 Å². The van der Waals surface area contributed by atoms with Crippen molar-refractivity contribution in [1.29, 1.82) is 0 Å². The molecule has 0 atom stereocenters. The van der Waals surface area contributed by atoms with Crippen molar-refractivity contribution in [3.8, 4) is 0 Å². The number of urea groups is 1. The van der Waals surface area contributed by atoms with Crippen LogP contribution in [-0.2, 0) is 35.7 Å². The van der Waals surface area contributed by atoms with Crippen molar-refractivity contribution in [1.82, 2.24) is 9.62 Å². The highest BCUT2D eigenvalue weighted by atomic mass is 32.2. The third-order valence-corrected chi connectivity index (χ3v) is 5.71. The van der Waals surface area contributed by atoms with Crippen LogP contribution in [0.1, 0.15) is 35.1 Å². The van der Waals surface area contributed by atoms with Gasteiger partial charge in [0.15, 0.2) is 0 Å². The van der Waals surface area contributed by atoms with E-state index >= 15 is 0 Å². The van der Waals surface area contributed by atoms with Crippen LogP contribution in [0.4, 0.5) is 10.5 Å².